The van der Waals surface area contributed by atoms with Gasteiger partial charge in [-0.2, -0.15) is 0 Å². The van der Waals surface area contributed by atoms with Crippen LogP contribution in [0.1, 0.15) is 61.3 Å². The van der Waals surface area contributed by atoms with Gasteiger partial charge in [-0.25, -0.2) is 4.79 Å². The number of aliphatic hydroxyl groups is 1. The van der Waals surface area contributed by atoms with Gasteiger partial charge in [-0.15, -0.1) is 0 Å². The average Bonchev–Trinajstić information content (AvgIpc) is 3.68. The molecule has 0 unspecified atom stereocenters. The standard InChI is InChI=1S/C28H36O13/c1-12(30)35-17-9-18(36-13(2)31)25(5)19(37-14(3)32)10-20-26(6,40-20)22(25)23(38-15(4)33)28-21(8-16(17)11-29)39-24(34)27(28,7)41-28/h8,17-23,29H,9-11H2,1-7H3/b16-8-/t17-,18+,19+,20+,21+,22-,23-,25+,26+,27+,28+/m1/s1. The van der Waals surface area contributed by atoms with Gasteiger partial charge < -0.3 is 38.3 Å². The van der Waals surface area contributed by atoms with E-state index < -0.39 is 101 Å². The Morgan fingerprint density at radius 2 is 1.46 bits per heavy atom. The highest BCUT2D eigenvalue weighted by Gasteiger charge is 2.89. The largest absolute Gasteiger partial charge is 0.462 e. The van der Waals surface area contributed by atoms with Crippen molar-refractivity contribution in [2.75, 3.05) is 6.61 Å². The molecule has 41 heavy (non-hydrogen) atoms. The number of fused-ring (bicyclic) bond motifs is 3. The molecule has 0 bridgehead atoms. The van der Waals surface area contributed by atoms with Crippen LogP contribution >= 0.6 is 0 Å². The molecule has 0 radical (unpaired) electrons. The number of epoxide rings is 2. The second-order valence-corrected chi connectivity index (χ2v) is 12.1. The Kier molecular flexibility index (Phi) is 6.82. The van der Waals surface area contributed by atoms with E-state index >= 15 is 0 Å². The quantitative estimate of drug-likeness (QED) is 0.208. The van der Waals surface area contributed by atoms with Crippen molar-refractivity contribution < 1.29 is 62.2 Å². The van der Waals surface area contributed by atoms with Crippen LogP contribution in [-0.4, -0.2) is 95.0 Å². The summed E-state index contributed by atoms with van der Waals surface area (Å²) in [6.45, 7) is 9.34. The van der Waals surface area contributed by atoms with Gasteiger partial charge in [0.2, 0.25) is 0 Å². The molecule has 0 aromatic carbocycles. The van der Waals surface area contributed by atoms with Crippen LogP contribution in [0, 0.1) is 11.3 Å². The predicted molar refractivity (Wildman–Crippen MR) is 134 cm³/mol. The lowest BCUT2D eigenvalue weighted by atomic mass is 9.53. The molecular weight excluding hydrogens is 544 g/mol. The topological polar surface area (TPSA) is 177 Å². The molecule has 2 aliphatic carbocycles. The van der Waals surface area contributed by atoms with Crippen LogP contribution in [0.2, 0.25) is 0 Å². The molecule has 13 nitrogen and oxygen atoms in total. The molecule has 11 atom stereocenters. The molecule has 0 amide bonds. The number of hydrogen-bond acceptors (Lipinski definition) is 13. The fraction of sp³-hybridized carbons (Fsp3) is 0.750. The predicted octanol–water partition coefficient (Wildman–Crippen LogP) is 0.672. The van der Waals surface area contributed by atoms with Gasteiger partial charge in [-0.05, 0) is 25.5 Å². The first-order valence-corrected chi connectivity index (χ1v) is 13.6. The van der Waals surface area contributed by atoms with E-state index in [0.29, 0.717) is 0 Å². The Bertz CT molecular complexity index is 1230. The third-order valence-electron chi connectivity index (χ3n) is 9.54. The zero-order valence-corrected chi connectivity index (χ0v) is 24.1. The maximum absolute atomic E-state index is 13.2. The maximum Gasteiger partial charge on any atom is 0.342 e. The number of hydrogen-bond donors (Lipinski definition) is 1. The fourth-order valence-electron chi connectivity index (χ4n) is 7.65. The van der Waals surface area contributed by atoms with E-state index in [4.69, 9.17) is 33.2 Å². The lowest BCUT2D eigenvalue weighted by molar-refractivity contribution is -0.215. The molecular formula is C28H36O13. The fourth-order valence-corrected chi connectivity index (χ4v) is 7.65. The highest BCUT2D eigenvalue weighted by molar-refractivity contribution is 5.89. The van der Waals surface area contributed by atoms with E-state index in [1.807, 2.05) is 6.92 Å². The SMILES string of the molecule is CC(=O)O[C@H]1C[C@@H]2O[C@]2(C)[C@@H]2[C@@H](OC(C)=O)[C@]34O[C@@]3(C)C(=O)O[C@H]4/C=C(/CO)[C@H](OC(C)=O)C[C@H](OC(C)=O)[C@@]12C. The first-order chi connectivity index (χ1) is 19.0. The minimum Gasteiger partial charge on any atom is -0.462 e. The van der Waals surface area contributed by atoms with Crippen molar-refractivity contribution in [1.82, 2.24) is 0 Å². The van der Waals surface area contributed by atoms with Gasteiger partial charge in [-0.1, -0.05) is 6.92 Å². The lowest BCUT2D eigenvalue weighted by Crippen LogP contribution is -2.66. The summed E-state index contributed by atoms with van der Waals surface area (Å²) in [4.78, 5) is 63.0. The molecule has 0 aromatic rings. The third kappa shape index (κ3) is 4.26. The summed E-state index contributed by atoms with van der Waals surface area (Å²) in [7, 11) is 0. The number of carbonyl (C=O) groups is 5. The Morgan fingerprint density at radius 1 is 0.902 bits per heavy atom. The van der Waals surface area contributed by atoms with Crippen molar-refractivity contribution >= 4 is 29.8 Å². The molecule has 4 fully saturated rings. The van der Waals surface area contributed by atoms with Crippen molar-refractivity contribution in [1.29, 1.82) is 0 Å². The van der Waals surface area contributed by atoms with Crippen molar-refractivity contribution in [3.63, 3.8) is 0 Å². The molecule has 5 rings (SSSR count). The molecule has 226 valence electrons. The van der Waals surface area contributed by atoms with Crippen LogP contribution in [-0.2, 0) is 57.1 Å². The van der Waals surface area contributed by atoms with Crippen LogP contribution in [0.15, 0.2) is 11.6 Å². The first kappa shape index (κ1) is 29.5. The van der Waals surface area contributed by atoms with Crippen molar-refractivity contribution in [3.05, 3.63) is 11.6 Å². The molecule has 13 heteroatoms. The van der Waals surface area contributed by atoms with E-state index in [9.17, 15) is 29.1 Å². The van der Waals surface area contributed by atoms with E-state index in [-0.39, 0.29) is 18.4 Å². The van der Waals surface area contributed by atoms with Gasteiger partial charge in [-0.3, -0.25) is 19.2 Å². The smallest absolute Gasteiger partial charge is 0.342 e. The Hall–Kier alpha value is -3.03. The van der Waals surface area contributed by atoms with Crippen LogP contribution < -0.4 is 0 Å². The minimum atomic E-state index is -1.58. The van der Waals surface area contributed by atoms with E-state index in [1.165, 1.54) is 40.7 Å². The molecule has 0 aromatic heterocycles. The molecule has 3 aliphatic heterocycles. The normalized spacial score (nSPS) is 47.0. The molecule has 3 heterocycles. The summed E-state index contributed by atoms with van der Waals surface area (Å²) in [6.07, 6.45) is -4.46. The number of rotatable bonds is 5. The third-order valence-corrected chi connectivity index (χ3v) is 9.54. The van der Waals surface area contributed by atoms with Crippen molar-refractivity contribution in [3.8, 4) is 0 Å². The van der Waals surface area contributed by atoms with E-state index in [2.05, 4.69) is 0 Å². The van der Waals surface area contributed by atoms with Gasteiger partial charge >= 0.3 is 29.8 Å². The summed E-state index contributed by atoms with van der Waals surface area (Å²) in [5.41, 5.74) is -5.31. The summed E-state index contributed by atoms with van der Waals surface area (Å²) in [6, 6.07) is 0. The van der Waals surface area contributed by atoms with Gasteiger partial charge in [0.25, 0.3) is 0 Å². The van der Waals surface area contributed by atoms with Crippen LogP contribution in [0.3, 0.4) is 0 Å². The van der Waals surface area contributed by atoms with Crippen molar-refractivity contribution in [2.24, 2.45) is 11.3 Å². The lowest BCUT2D eigenvalue weighted by Gasteiger charge is -2.54. The van der Waals surface area contributed by atoms with Crippen LogP contribution in [0.4, 0.5) is 0 Å². The number of carbonyl (C=O) groups excluding carboxylic acids is 5. The van der Waals surface area contributed by atoms with E-state index in [0.717, 1.165) is 0 Å². The highest BCUT2D eigenvalue weighted by atomic mass is 16.7. The van der Waals surface area contributed by atoms with E-state index in [1.54, 1.807) is 6.92 Å². The number of esters is 5. The zero-order chi connectivity index (χ0) is 30.3. The van der Waals surface area contributed by atoms with Crippen molar-refractivity contribution in [2.45, 2.75) is 115 Å². The molecule has 3 saturated heterocycles. The summed E-state index contributed by atoms with van der Waals surface area (Å²) >= 11 is 0. The second kappa shape index (κ2) is 9.50. The maximum atomic E-state index is 13.2. The molecule has 1 saturated carbocycles. The number of aliphatic hydroxyl groups excluding tert-OH is 1. The van der Waals surface area contributed by atoms with Gasteiger partial charge in [0.05, 0.1) is 23.7 Å². The first-order valence-electron chi connectivity index (χ1n) is 13.6. The summed E-state index contributed by atoms with van der Waals surface area (Å²) in [5, 5.41) is 10.4. The number of ether oxygens (including phenoxy) is 7. The van der Waals surface area contributed by atoms with Gasteiger partial charge in [0.1, 0.15) is 24.4 Å². The van der Waals surface area contributed by atoms with Crippen LogP contribution in [0.5, 0.6) is 0 Å². The highest BCUT2D eigenvalue weighted by Crippen LogP contribution is 2.69. The monoisotopic (exact) mass is 580 g/mol. The molecule has 1 spiro atoms. The Balaban J connectivity index is 1.81. The summed E-state index contributed by atoms with van der Waals surface area (Å²) < 4.78 is 41.5. The molecule has 5 aliphatic rings. The van der Waals surface area contributed by atoms with Gasteiger partial charge in [0.15, 0.2) is 17.3 Å². The van der Waals surface area contributed by atoms with Crippen LogP contribution in [0.25, 0.3) is 0 Å². The minimum absolute atomic E-state index is 0.157. The molecule has 1 N–H and O–H groups in total. The zero-order valence-electron chi connectivity index (χ0n) is 24.1. The average molecular weight is 581 g/mol. The Morgan fingerprint density at radius 3 is 1.98 bits per heavy atom. The summed E-state index contributed by atoms with van der Waals surface area (Å²) in [5.74, 6) is -4.20. The Labute approximate surface area is 236 Å². The second-order valence-electron chi connectivity index (χ2n) is 12.1. The van der Waals surface area contributed by atoms with Gasteiger partial charge in [0, 0.05) is 46.5 Å².